The molecule has 7 heteroatoms. The average Bonchev–Trinajstić information content (AvgIpc) is 2.81. The number of nitrogens with one attached hydrogen (secondary N) is 1. The third kappa shape index (κ3) is 3.05. The molecule has 0 aromatic heterocycles. The summed E-state index contributed by atoms with van der Waals surface area (Å²) in [5, 5.41) is 0. The van der Waals surface area contributed by atoms with E-state index in [9.17, 15) is 8.42 Å². The largest absolute Gasteiger partial charge is 0.389 e. The van der Waals surface area contributed by atoms with E-state index < -0.39 is 10.0 Å². The SMILES string of the molecule is NC(=S)c1cccc(S(=O)(=O)NC2CCOC2)c1. The minimum atomic E-state index is -3.54. The highest BCUT2D eigenvalue weighted by molar-refractivity contribution is 7.89. The summed E-state index contributed by atoms with van der Waals surface area (Å²) in [7, 11) is -3.54. The number of rotatable bonds is 4. The molecule has 1 aliphatic heterocycles. The molecule has 1 aromatic rings. The monoisotopic (exact) mass is 286 g/mol. The summed E-state index contributed by atoms with van der Waals surface area (Å²) in [5.74, 6) is 0. The summed E-state index contributed by atoms with van der Waals surface area (Å²) in [6.45, 7) is 0.994. The Morgan fingerprint density at radius 1 is 1.50 bits per heavy atom. The smallest absolute Gasteiger partial charge is 0.240 e. The van der Waals surface area contributed by atoms with E-state index in [1.807, 2.05) is 0 Å². The molecular formula is C11H14N2O3S2. The molecule has 5 nitrogen and oxygen atoms in total. The average molecular weight is 286 g/mol. The standard InChI is InChI=1S/C11H14N2O3S2/c12-11(17)8-2-1-3-10(6-8)18(14,15)13-9-4-5-16-7-9/h1-3,6,9,13H,4-5,7H2,(H2,12,17). The van der Waals surface area contributed by atoms with Crippen molar-refractivity contribution in [2.45, 2.75) is 17.4 Å². The Morgan fingerprint density at radius 3 is 2.89 bits per heavy atom. The molecule has 0 saturated carbocycles. The number of sulfonamides is 1. The predicted octanol–water partition coefficient (Wildman–Crippen LogP) is 0.388. The fourth-order valence-electron chi connectivity index (χ4n) is 1.73. The maximum atomic E-state index is 12.1. The van der Waals surface area contributed by atoms with Gasteiger partial charge in [-0.3, -0.25) is 0 Å². The van der Waals surface area contributed by atoms with E-state index in [1.165, 1.54) is 12.1 Å². The molecule has 1 fully saturated rings. The summed E-state index contributed by atoms with van der Waals surface area (Å²) in [5.41, 5.74) is 6.02. The molecule has 18 heavy (non-hydrogen) atoms. The van der Waals surface area contributed by atoms with Crippen LogP contribution in [0, 0.1) is 0 Å². The summed E-state index contributed by atoms with van der Waals surface area (Å²) >= 11 is 4.83. The van der Waals surface area contributed by atoms with Gasteiger partial charge in [0.05, 0.1) is 11.5 Å². The Balaban J connectivity index is 2.23. The van der Waals surface area contributed by atoms with Crippen molar-refractivity contribution in [2.75, 3.05) is 13.2 Å². The van der Waals surface area contributed by atoms with Crippen LogP contribution >= 0.6 is 12.2 Å². The zero-order chi connectivity index (χ0) is 13.2. The second-order valence-corrected chi connectivity index (χ2v) is 6.23. The van der Waals surface area contributed by atoms with E-state index >= 15 is 0 Å². The molecule has 1 atom stereocenters. The van der Waals surface area contributed by atoms with Crippen molar-refractivity contribution in [2.24, 2.45) is 5.73 Å². The van der Waals surface area contributed by atoms with E-state index in [0.29, 0.717) is 25.2 Å². The van der Waals surface area contributed by atoms with Gasteiger partial charge in [0.1, 0.15) is 4.99 Å². The van der Waals surface area contributed by atoms with Crippen molar-refractivity contribution >= 4 is 27.2 Å². The van der Waals surface area contributed by atoms with Gasteiger partial charge < -0.3 is 10.5 Å². The summed E-state index contributed by atoms with van der Waals surface area (Å²) in [6, 6.07) is 6.12. The van der Waals surface area contributed by atoms with Gasteiger partial charge in [-0.05, 0) is 18.6 Å². The summed E-state index contributed by atoms with van der Waals surface area (Å²) in [6.07, 6.45) is 0.689. The number of ether oxygens (including phenoxy) is 1. The van der Waals surface area contributed by atoms with Crippen molar-refractivity contribution in [1.82, 2.24) is 4.72 Å². The first kappa shape index (κ1) is 13.4. The lowest BCUT2D eigenvalue weighted by molar-refractivity contribution is 0.192. The molecule has 0 radical (unpaired) electrons. The van der Waals surface area contributed by atoms with Crippen molar-refractivity contribution in [3.8, 4) is 0 Å². The molecular weight excluding hydrogens is 272 g/mol. The second-order valence-electron chi connectivity index (χ2n) is 4.07. The molecule has 3 N–H and O–H groups in total. The van der Waals surface area contributed by atoms with Crippen molar-refractivity contribution in [1.29, 1.82) is 0 Å². The molecule has 0 aliphatic carbocycles. The highest BCUT2D eigenvalue weighted by atomic mass is 32.2. The van der Waals surface area contributed by atoms with Crippen molar-refractivity contribution in [3.63, 3.8) is 0 Å². The number of nitrogens with two attached hydrogens (primary N) is 1. The second kappa shape index (κ2) is 5.31. The van der Waals surface area contributed by atoms with Gasteiger partial charge in [-0.1, -0.05) is 24.4 Å². The normalized spacial score (nSPS) is 19.9. The summed E-state index contributed by atoms with van der Waals surface area (Å²) in [4.78, 5) is 0.343. The first-order valence-corrected chi connectivity index (χ1v) is 7.38. The van der Waals surface area contributed by atoms with Gasteiger partial charge in [0, 0.05) is 18.2 Å². The van der Waals surface area contributed by atoms with Crippen molar-refractivity contribution < 1.29 is 13.2 Å². The molecule has 1 aliphatic rings. The molecule has 0 spiro atoms. The fraction of sp³-hybridized carbons (Fsp3) is 0.364. The number of thiocarbonyl (C=S) groups is 1. The molecule has 98 valence electrons. The predicted molar refractivity (Wildman–Crippen MR) is 71.9 cm³/mol. The van der Waals surface area contributed by atoms with E-state index in [-0.39, 0.29) is 15.9 Å². The van der Waals surface area contributed by atoms with Gasteiger partial charge in [-0.25, -0.2) is 13.1 Å². The number of hydrogen-bond donors (Lipinski definition) is 2. The van der Waals surface area contributed by atoms with Gasteiger partial charge in [-0.2, -0.15) is 0 Å². The Kier molecular flexibility index (Phi) is 3.96. The van der Waals surface area contributed by atoms with Crippen LogP contribution in [0.2, 0.25) is 0 Å². The van der Waals surface area contributed by atoms with Gasteiger partial charge >= 0.3 is 0 Å². The Labute approximate surface area is 111 Å². The van der Waals surface area contributed by atoms with Crippen LogP contribution < -0.4 is 10.5 Å². The van der Waals surface area contributed by atoms with E-state index in [2.05, 4.69) is 4.72 Å². The molecule has 1 saturated heterocycles. The van der Waals surface area contributed by atoms with Crippen LogP contribution in [-0.4, -0.2) is 32.7 Å². The maximum Gasteiger partial charge on any atom is 0.240 e. The Morgan fingerprint density at radius 2 is 2.28 bits per heavy atom. The minimum absolute atomic E-state index is 0.163. The van der Waals surface area contributed by atoms with Crippen LogP contribution in [0.3, 0.4) is 0 Å². The Hall–Kier alpha value is -1.02. The van der Waals surface area contributed by atoms with Gasteiger partial charge in [0.15, 0.2) is 0 Å². The first-order valence-electron chi connectivity index (χ1n) is 5.49. The third-order valence-electron chi connectivity index (χ3n) is 2.68. The highest BCUT2D eigenvalue weighted by Gasteiger charge is 2.23. The lowest BCUT2D eigenvalue weighted by Crippen LogP contribution is -2.35. The van der Waals surface area contributed by atoms with Crippen LogP contribution in [-0.2, 0) is 14.8 Å². The maximum absolute atomic E-state index is 12.1. The Bertz CT molecular complexity index is 551. The van der Waals surface area contributed by atoms with Crippen LogP contribution in [0.25, 0.3) is 0 Å². The number of benzene rings is 1. The molecule has 2 rings (SSSR count). The van der Waals surface area contributed by atoms with Crippen LogP contribution in [0.1, 0.15) is 12.0 Å². The van der Waals surface area contributed by atoms with Gasteiger partial charge in [-0.15, -0.1) is 0 Å². The van der Waals surface area contributed by atoms with Gasteiger partial charge in [0.2, 0.25) is 10.0 Å². The highest BCUT2D eigenvalue weighted by Crippen LogP contribution is 2.14. The van der Waals surface area contributed by atoms with E-state index in [0.717, 1.165) is 0 Å². The van der Waals surface area contributed by atoms with Crippen LogP contribution in [0.5, 0.6) is 0 Å². The van der Waals surface area contributed by atoms with E-state index in [1.54, 1.807) is 12.1 Å². The molecule has 1 aromatic carbocycles. The van der Waals surface area contributed by atoms with Crippen LogP contribution in [0.15, 0.2) is 29.2 Å². The quantitative estimate of drug-likeness (QED) is 0.783. The first-order chi connectivity index (χ1) is 8.49. The topological polar surface area (TPSA) is 81.4 Å². The zero-order valence-electron chi connectivity index (χ0n) is 9.63. The summed E-state index contributed by atoms with van der Waals surface area (Å²) < 4.78 is 32.0. The molecule has 0 bridgehead atoms. The van der Waals surface area contributed by atoms with Crippen molar-refractivity contribution in [3.05, 3.63) is 29.8 Å². The lowest BCUT2D eigenvalue weighted by atomic mass is 10.2. The van der Waals surface area contributed by atoms with E-state index in [4.69, 9.17) is 22.7 Å². The molecule has 1 heterocycles. The lowest BCUT2D eigenvalue weighted by Gasteiger charge is -2.12. The fourth-order valence-corrected chi connectivity index (χ4v) is 3.16. The number of hydrogen-bond acceptors (Lipinski definition) is 4. The van der Waals surface area contributed by atoms with Gasteiger partial charge in [0.25, 0.3) is 0 Å². The minimum Gasteiger partial charge on any atom is -0.389 e. The molecule has 0 amide bonds. The zero-order valence-corrected chi connectivity index (χ0v) is 11.3. The van der Waals surface area contributed by atoms with Crippen LogP contribution in [0.4, 0.5) is 0 Å². The molecule has 1 unspecified atom stereocenters. The third-order valence-corrected chi connectivity index (χ3v) is 4.43.